The minimum absolute atomic E-state index is 0.0959. The Hall–Kier alpha value is -2.33. The van der Waals surface area contributed by atoms with Crippen molar-refractivity contribution in [1.82, 2.24) is 10.2 Å². The Morgan fingerprint density at radius 3 is 2.57 bits per heavy atom. The number of hydrogen-bond donors (Lipinski definition) is 1. The van der Waals surface area contributed by atoms with Gasteiger partial charge in [0.25, 0.3) is 5.91 Å². The number of benzene rings is 2. The summed E-state index contributed by atoms with van der Waals surface area (Å²) in [6.07, 6.45) is 3.42. The minimum atomic E-state index is -0.530. The highest BCUT2D eigenvalue weighted by Crippen LogP contribution is 2.20. The van der Waals surface area contributed by atoms with Crippen LogP contribution in [0, 0.1) is 13.8 Å². The quantitative estimate of drug-likeness (QED) is 0.775. The van der Waals surface area contributed by atoms with Crippen LogP contribution in [-0.4, -0.2) is 30.0 Å². The van der Waals surface area contributed by atoms with E-state index in [2.05, 4.69) is 40.5 Å². The van der Waals surface area contributed by atoms with Gasteiger partial charge < -0.3 is 10.1 Å². The van der Waals surface area contributed by atoms with Crippen molar-refractivity contribution in [2.45, 2.75) is 59.2 Å². The fourth-order valence-corrected chi connectivity index (χ4v) is 3.72. The highest BCUT2D eigenvalue weighted by molar-refractivity contribution is 5.80. The standard InChI is InChI=1S/C24H32N2O2/c1-18-10-11-23(19(2)14-18)28-20(3)24(27)25-16-21-8-7-9-22(15-21)17-26-12-5-4-6-13-26/h7-11,14-15,20H,4-6,12-13,16-17H2,1-3H3,(H,25,27)/t20-/m1/s1. The molecule has 1 heterocycles. The van der Waals surface area contributed by atoms with E-state index >= 15 is 0 Å². The number of carbonyl (C=O) groups is 1. The normalized spacial score (nSPS) is 15.8. The fraction of sp³-hybridized carbons (Fsp3) is 0.458. The number of nitrogens with one attached hydrogen (secondary N) is 1. The number of amides is 1. The number of piperidine rings is 1. The highest BCUT2D eigenvalue weighted by atomic mass is 16.5. The maximum Gasteiger partial charge on any atom is 0.261 e. The Morgan fingerprint density at radius 1 is 1.07 bits per heavy atom. The molecule has 28 heavy (non-hydrogen) atoms. The molecule has 0 spiro atoms. The molecule has 0 aromatic heterocycles. The van der Waals surface area contributed by atoms with Gasteiger partial charge in [0.1, 0.15) is 5.75 Å². The van der Waals surface area contributed by atoms with Crippen LogP contribution in [0.15, 0.2) is 42.5 Å². The van der Waals surface area contributed by atoms with E-state index in [1.165, 1.54) is 43.5 Å². The highest BCUT2D eigenvalue weighted by Gasteiger charge is 2.16. The van der Waals surface area contributed by atoms with Gasteiger partial charge in [-0.15, -0.1) is 0 Å². The van der Waals surface area contributed by atoms with Crippen LogP contribution in [0.1, 0.15) is 48.4 Å². The minimum Gasteiger partial charge on any atom is -0.481 e. The maximum absolute atomic E-state index is 12.5. The third-order valence-electron chi connectivity index (χ3n) is 5.32. The first-order chi connectivity index (χ1) is 13.5. The van der Waals surface area contributed by atoms with Crippen LogP contribution in [0.3, 0.4) is 0 Å². The lowest BCUT2D eigenvalue weighted by atomic mass is 10.1. The summed E-state index contributed by atoms with van der Waals surface area (Å²) in [5.41, 5.74) is 4.67. The third-order valence-corrected chi connectivity index (χ3v) is 5.32. The molecule has 0 unspecified atom stereocenters. The Morgan fingerprint density at radius 2 is 1.82 bits per heavy atom. The van der Waals surface area contributed by atoms with Crippen LogP contribution in [-0.2, 0) is 17.9 Å². The van der Waals surface area contributed by atoms with Crippen LogP contribution >= 0.6 is 0 Å². The Bertz CT molecular complexity index is 797. The van der Waals surface area contributed by atoms with Crippen molar-refractivity contribution < 1.29 is 9.53 Å². The molecule has 3 rings (SSSR count). The topological polar surface area (TPSA) is 41.6 Å². The molecular weight excluding hydrogens is 348 g/mol. The summed E-state index contributed by atoms with van der Waals surface area (Å²) >= 11 is 0. The van der Waals surface area contributed by atoms with Crippen LogP contribution < -0.4 is 10.1 Å². The average Bonchev–Trinajstić information content (AvgIpc) is 2.69. The third kappa shape index (κ3) is 5.83. The van der Waals surface area contributed by atoms with Crippen LogP contribution in [0.2, 0.25) is 0 Å². The summed E-state index contributed by atoms with van der Waals surface area (Å²) in [4.78, 5) is 15.0. The van der Waals surface area contributed by atoms with Gasteiger partial charge in [-0.1, -0.05) is 48.4 Å². The van der Waals surface area contributed by atoms with E-state index in [0.29, 0.717) is 6.54 Å². The van der Waals surface area contributed by atoms with Gasteiger partial charge in [0.2, 0.25) is 0 Å². The number of hydrogen-bond acceptors (Lipinski definition) is 3. The smallest absolute Gasteiger partial charge is 0.261 e. The summed E-state index contributed by atoms with van der Waals surface area (Å²) in [6.45, 7) is 9.73. The lowest BCUT2D eigenvalue weighted by Gasteiger charge is -2.26. The first-order valence-electron chi connectivity index (χ1n) is 10.3. The lowest BCUT2D eigenvalue weighted by molar-refractivity contribution is -0.127. The second-order valence-electron chi connectivity index (χ2n) is 7.90. The number of likely N-dealkylation sites (tertiary alicyclic amines) is 1. The molecule has 0 radical (unpaired) electrons. The molecule has 4 heteroatoms. The SMILES string of the molecule is Cc1ccc(O[C@H](C)C(=O)NCc2cccc(CN3CCCCC3)c2)c(C)c1. The molecular formula is C24H32N2O2. The lowest BCUT2D eigenvalue weighted by Crippen LogP contribution is -2.36. The summed E-state index contributed by atoms with van der Waals surface area (Å²) in [5, 5.41) is 3.00. The molecule has 1 fully saturated rings. The van der Waals surface area contributed by atoms with Crippen molar-refractivity contribution in [1.29, 1.82) is 0 Å². The fourth-order valence-electron chi connectivity index (χ4n) is 3.72. The van der Waals surface area contributed by atoms with Crippen molar-refractivity contribution in [3.8, 4) is 5.75 Å². The zero-order chi connectivity index (χ0) is 19.9. The van der Waals surface area contributed by atoms with Crippen LogP contribution in [0.25, 0.3) is 0 Å². The summed E-state index contributed by atoms with van der Waals surface area (Å²) in [7, 11) is 0. The van der Waals surface area contributed by atoms with Crippen molar-refractivity contribution in [2.75, 3.05) is 13.1 Å². The Labute approximate surface area is 168 Å². The number of carbonyl (C=O) groups excluding carboxylic acids is 1. The zero-order valence-corrected chi connectivity index (χ0v) is 17.3. The van der Waals surface area contributed by atoms with E-state index in [4.69, 9.17) is 4.74 Å². The van der Waals surface area contributed by atoms with E-state index < -0.39 is 6.10 Å². The van der Waals surface area contributed by atoms with E-state index in [-0.39, 0.29) is 5.91 Å². The maximum atomic E-state index is 12.5. The predicted octanol–water partition coefficient (Wildman–Crippen LogP) is 4.37. The summed E-state index contributed by atoms with van der Waals surface area (Å²) < 4.78 is 5.86. The predicted molar refractivity (Wildman–Crippen MR) is 113 cm³/mol. The van der Waals surface area contributed by atoms with E-state index in [1.54, 1.807) is 6.92 Å². The molecule has 2 aromatic carbocycles. The second-order valence-corrected chi connectivity index (χ2v) is 7.90. The monoisotopic (exact) mass is 380 g/mol. The van der Waals surface area contributed by atoms with Gasteiger partial charge in [0.05, 0.1) is 0 Å². The van der Waals surface area contributed by atoms with Crippen molar-refractivity contribution in [3.05, 3.63) is 64.7 Å². The Kier molecular flexibility index (Phi) is 7.10. The molecule has 4 nitrogen and oxygen atoms in total. The van der Waals surface area contributed by atoms with Gasteiger partial charge in [0, 0.05) is 13.1 Å². The van der Waals surface area contributed by atoms with Gasteiger partial charge in [0.15, 0.2) is 6.10 Å². The van der Waals surface area contributed by atoms with Crippen molar-refractivity contribution >= 4 is 5.91 Å². The summed E-state index contributed by atoms with van der Waals surface area (Å²) in [5.74, 6) is 0.665. The first kappa shape index (κ1) is 20.4. The molecule has 1 amide bonds. The average molecular weight is 381 g/mol. The number of rotatable bonds is 7. The van der Waals surface area contributed by atoms with E-state index in [1.807, 2.05) is 26.0 Å². The van der Waals surface area contributed by atoms with Crippen molar-refractivity contribution in [3.63, 3.8) is 0 Å². The van der Waals surface area contributed by atoms with Gasteiger partial charge in [-0.05, 0) is 69.5 Å². The van der Waals surface area contributed by atoms with Gasteiger partial charge in [-0.3, -0.25) is 9.69 Å². The number of ether oxygens (including phenoxy) is 1. The molecule has 0 saturated carbocycles. The van der Waals surface area contributed by atoms with E-state index in [0.717, 1.165) is 23.4 Å². The first-order valence-corrected chi connectivity index (χ1v) is 10.3. The van der Waals surface area contributed by atoms with Crippen LogP contribution in [0.4, 0.5) is 0 Å². The molecule has 1 saturated heterocycles. The van der Waals surface area contributed by atoms with E-state index in [9.17, 15) is 4.79 Å². The molecule has 0 aliphatic carbocycles. The number of aryl methyl sites for hydroxylation is 2. The molecule has 1 aliphatic rings. The molecule has 1 N–H and O–H groups in total. The van der Waals surface area contributed by atoms with Crippen LogP contribution in [0.5, 0.6) is 5.75 Å². The van der Waals surface area contributed by atoms with Gasteiger partial charge in [-0.2, -0.15) is 0 Å². The molecule has 2 aromatic rings. The molecule has 0 bridgehead atoms. The zero-order valence-electron chi connectivity index (χ0n) is 17.3. The second kappa shape index (κ2) is 9.74. The van der Waals surface area contributed by atoms with Gasteiger partial charge in [-0.25, -0.2) is 0 Å². The molecule has 1 atom stereocenters. The molecule has 150 valence electrons. The summed E-state index contributed by atoms with van der Waals surface area (Å²) in [6, 6.07) is 14.5. The Balaban J connectivity index is 1.51. The van der Waals surface area contributed by atoms with Crippen molar-refractivity contribution in [2.24, 2.45) is 0 Å². The van der Waals surface area contributed by atoms with Gasteiger partial charge >= 0.3 is 0 Å². The molecule has 1 aliphatic heterocycles. The number of nitrogens with zero attached hydrogens (tertiary/aromatic N) is 1. The largest absolute Gasteiger partial charge is 0.481 e.